The highest BCUT2D eigenvalue weighted by molar-refractivity contribution is 7.80. The standard InChI is InChI=1S/C23H28N2O3S/c1-6-27-21(26)16-8-7-9-18(15(16)3)24-22(29)25-19-13-23(4,5)28-20-12-14(2)10-11-17(19)20/h7-12,19H,6,13H2,1-5H3,(H2,24,25,29)/t19-/m0/s1. The van der Waals surface area contributed by atoms with Crippen molar-refractivity contribution in [1.29, 1.82) is 0 Å². The average Bonchev–Trinajstić information content (AvgIpc) is 2.62. The molecule has 1 heterocycles. The fourth-order valence-corrected chi connectivity index (χ4v) is 3.86. The number of ether oxygens (including phenoxy) is 2. The van der Waals surface area contributed by atoms with E-state index in [0.29, 0.717) is 17.3 Å². The van der Waals surface area contributed by atoms with Gasteiger partial charge in [-0.2, -0.15) is 0 Å². The molecule has 0 unspecified atom stereocenters. The van der Waals surface area contributed by atoms with E-state index in [2.05, 4.69) is 49.6 Å². The second-order valence-corrected chi connectivity index (χ2v) is 8.37. The number of hydrogen-bond acceptors (Lipinski definition) is 4. The van der Waals surface area contributed by atoms with Gasteiger partial charge in [-0.15, -0.1) is 0 Å². The van der Waals surface area contributed by atoms with E-state index in [9.17, 15) is 4.79 Å². The van der Waals surface area contributed by atoms with Crippen LogP contribution in [0.25, 0.3) is 0 Å². The van der Waals surface area contributed by atoms with Crippen LogP contribution in [0.2, 0.25) is 0 Å². The number of anilines is 1. The molecule has 0 bridgehead atoms. The quantitative estimate of drug-likeness (QED) is 0.540. The molecule has 2 aromatic rings. The predicted octanol–water partition coefficient (Wildman–Crippen LogP) is 5.07. The molecule has 0 amide bonds. The number of nitrogens with one attached hydrogen (secondary N) is 2. The lowest BCUT2D eigenvalue weighted by Gasteiger charge is -2.38. The molecular formula is C23H28N2O3S. The minimum atomic E-state index is -0.331. The van der Waals surface area contributed by atoms with Gasteiger partial charge >= 0.3 is 5.97 Å². The third-order valence-corrected chi connectivity index (χ3v) is 5.23. The summed E-state index contributed by atoms with van der Waals surface area (Å²) in [7, 11) is 0. The maximum absolute atomic E-state index is 12.1. The highest BCUT2D eigenvalue weighted by atomic mass is 32.1. The van der Waals surface area contributed by atoms with Crippen molar-refractivity contribution in [3.8, 4) is 5.75 Å². The van der Waals surface area contributed by atoms with Crippen LogP contribution in [-0.2, 0) is 4.74 Å². The molecule has 0 aromatic heterocycles. The third-order valence-electron chi connectivity index (χ3n) is 5.01. The molecular weight excluding hydrogens is 384 g/mol. The number of aryl methyl sites for hydroxylation is 1. The molecule has 1 aliphatic rings. The number of benzene rings is 2. The van der Waals surface area contributed by atoms with Gasteiger partial charge in [0.1, 0.15) is 11.4 Å². The summed E-state index contributed by atoms with van der Waals surface area (Å²) < 4.78 is 11.3. The molecule has 0 radical (unpaired) electrons. The molecule has 6 heteroatoms. The van der Waals surface area contributed by atoms with E-state index in [-0.39, 0.29) is 17.6 Å². The van der Waals surface area contributed by atoms with E-state index >= 15 is 0 Å². The molecule has 0 spiro atoms. The number of rotatable bonds is 4. The molecule has 2 N–H and O–H groups in total. The Labute approximate surface area is 177 Å². The zero-order valence-electron chi connectivity index (χ0n) is 17.6. The minimum Gasteiger partial charge on any atom is -0.487 e. The summed E-state index contributed by atoms with van der Waals surface area (Å²) in [6, 6.07) is 11.7. The Morgan fingerprint density at radius 3 is 2.76 bits per heavy atom. The number of esters is 1. The second-order valence-electron chi connectivity index (χ2n) is 7.96. The molecule has 3 rings (SSSR count). The van der Waals surface area contributed by atoms with Crippen molar-refractivity contribution in [1.82, 2.24) is 5.32 Å². The maximum Gasteiger partial charge on any atom is 0.338 e. The molecule has 1 aliphatic heterocycles. The number of carbonyl (C=O) groups is 1. The zero-order valence-corrected chi connectivity index (χ0v) is 18.4. The first-order valence-corrected chi connectivity index (χ1v) is 10.2. The highest BCUT2D eigenvalue weighted by Gasteiger charge is 2.34. The van der Waals surface area contributed by atoms with E-state index in [4.69, 9.17) is 21.7 Å². The van der Waals surface area contributed by atoms with Crippen molar-refractivity contribution in [3.05, 3.63) is 58.7 Å². The van der Waals surface area contributed by atoms with Crippen molar-refractivity contribution < 1.29 is 14.3 Å². The van der Waals surface area contributed by atoms with Crippen molar-refractivity contribution >= 4 is 29.0 Å². The Bertz CT molecular complexity index is 940. The van der Waals surface area contributed by atoms with Crippen molar-refractivity contribution in [2.24, 2.45) is 0 Å². The van der Waals surface area contributed by atoms with Gasteiger partial charge in [-0.1, -0.05) is 18.2 Å². The van der Waals surface area contributed by atoms with Crippen LogP contribution in [0.5, 0.6) is 5.75 Å². The lowest BCUT2D eigenvalue weighted by Crippen LogP contribution is -2.42. The van der Waals surface area contributed by atoms with E-state index in [1.807, 2.05) is 19.1 Å². The topological polar surface area (TPSA) is 59.6 Å². The molecule has 29 heavy (non-hydrogen) atoms. The Hall–Kier alpha value is -2.60. The van der Waals surface area contributed by atoms with E-state index in [1.54, 1.807) is 13.0 Å². The fourth-order valence-electron chi connectivity index (χ4n) is 3.61. The molecule has 154 valence electrons. The summed E-state index contributed by atoms with van der Waals surface area (Å²) >= 11 is 5.59. The first kappa shape index (κ1) is 21.1. The number of carbonyl (C=O) groups excluding carboxylic acids is 1. The van der Waals surface area contributed by atoms with Gasteiger partial charge < -0.3 is 20.1 Å². The monoisotopic (exact) mass is 412 g/mol. The van der Waals surface area contributed by atoms with E-state index in [0.717, 1.165) is 34.5 Å². The van der Waals surface area contributed by atoms with E-state index < -0.39 is 0 Å². The lowest BCUT2D eigenvalue weighted by atomic mass is 9.89. The van der Waals surface area contributed by atoms with Crippen LogP contribution in [0, 0.1) is 13.8 Å². The summed E-state index contributed by atoms with van der Waals surface area (Å²) in [6.45, 7) is 10.2. The minimum absolute atomic E-state index is 0.0305. The summed E-state index contributed by atoms with van der Waals surface area (Å²) in [5.74, 6) is 0.560. The molecule has 0 fully saturated rings. The summed E-state index contributed by atoms with van der Waals surface area (Å²) in [6.07, 6.45) is 0.784. The third kappa shape index (κ3) is 4.88. The van der Waals surface area contributed by atoms with Crippen molar-refractivity contribution in [2.45, 2.75) is 52.7 Å². The Kier molecular flexibility index (Phi) is 6.13. The average molecular weight is 413 g/mol. The lowest BCUT2D eigenvalue weighted by molar-refractivity contribution is 0.0525. The van der Waals surface area contributed by atoms with Crippen LogP contribution >= 0.6 is 12.2 Å². The Morgan fingerprint density at radius 1 is 1.28 bits per heavy atom. The van der Waals surface area contributed by atoms with Crippen LogP contribution < -0.4 is 15.4 Å². The zero-order chi connectivity index (χ0) is 21.2. The van der Waals surface area contributed by atoms with Crippen LogP contribution in [0.1, 0.15) is 60.3 Å². The smallest absolute Gasteiger partial charge is 0.338 e. The van der Waals surface area contributed by atoms with Gasteiger partial charge in [-0.05, 0) is 76.2 Å². The molecule has 1 atom stereocenters. The Balaban J connectivity index is 1.78. The molecule has 0 saturated heterocycles. The van der Waals surface area contributed by atoms with E-state index in [1.165, 1.54) is 0 Å². The van der Waals surface area contributed by atoms with Crippen LogP contribution in [0.4, 0.5) is 5.69 Å². The van der Waals surface area contributed by atoms with Crippen LogP contribution in [0.15, 0.2) is 36.4 Å². The van der Waals surface area contributed by atoms with Crippen molar-refractivity contribution in [3.63, 3.8) is 0 Å². The summed E-state index contributed by atoms with van der Waals surface area (Å²) in [4.78, 5) is 12.1. The van der Waals surface area contributed by atoms with Crippen LogP contribution in [-0.4, -0.2) is 23.3 Å². The summed E-state index contributed by atoms with van der Waals surface area (Å²) in [5.41, 5.74) is 4.08. The second kappa shape index (κ2) is 8.41. The normalized spacial score (nSPS) is 16.9. The SMILES string of the molecule is CCOC(=O)c1cccc(NC(=S)N[C@H]2CC(C)(C)Oc3cc(C)ccc32)c1C. The predicted molar refractivity (Wildman–Crippen MR) is 120 cm³/mol. The van der Waals surface area contributed by atoms with Gasteiger partial charge in [0.05, 0.1) is 18.2 Å². The van der Waals surface area contributed by atoms with Crippen LogP contribution in [0.3, 0.4) is 0 Å². The van der Waals surface area contributed by atoms with Gasteiger partial charge in [0.2, 0.25) is 0 Å². The molecule has 0 saturated carbocycles. The van der Waals surface area contributed by atoms with Gasteiger partial charge in [-0.3, -0.25) is 0 Å². The largest absolute Gasteiger partial charge is 0.487 e. The number of fused-ring (bicyclic) bond motifs is 1. The maximum atomic E-state index is 12.1. The Morgan fingerprint density at radius 2 is 2.03 bits per heavy atom. The van der Waals surface area contributed by atoms with Gasteiger partial charge in [0.15, 0.2) is 5.11 Å². The van der Waals surface area contributed by atoms with Gasteiger partial charge in [0.25, 0.3) is 0 Å². The number of hydrogen-bond donors (Lipinski definition) is 2. The molecule has 2 aromatic carbocycles. The molecule has 0 aliphatic carbocycles. The summed E-state index contributed by atoms with van der Waals surface area (Å²) in [5, 5.41) is 7.16. The van der Waals surface area contributed by atoms with Gasteiger partial charge in [-0.25, -0.2) is 4.79 Å². The van der Waals surface area contributed by atoms with Gasteiger partial charge in [0, 0.05) is 17.7 Å². The first-order chi connectivity index (χ1) is 13.7. The molecule has 5 nitrogen and oxygen atoms in total. The van der Waals surface area contributed by atoms with Crippen molar-refractivity contribution in [2.75, 3.05) is 11.9 Å². The number of thiocarbonyl (C=S) groups is 1. The fraction of sp³-hybridized carbons (Fsp3) is 0.391. The highest BCUT2D eigenvalue weighted by Crippen LogP contribution is 2.40. The first-order valence-electron chi connectivity index (χ1n) is 9.84.